The number of terminal acetylenes is 1. The molecule has 0 radical (unpaired) electrons. The van der Waals surface area contributed by atoms with E-state index in [1.165, 1.54) is 0 Å². The average Bonchev–Trinajstić information content (AvgIpc) is 2.03. The maximum absolute atomic E-state index is 5.48. The minimum absolute atomic E-state index is 0.309. The van der Waals surface area contributed by atoms with Gasteiger partial charge in [-0.05, 0) is 20.9 Å². The van der Waals surface area contributed by atoms with Crippen molar-refractivity contribution in [2.45, 2.75) is 25.9 Å². The maximum Gasteiger partial charge on any atom is 0.0843 e. The van der Waals surface area contributed by atoms with Crippen LogP contribution in [0.25, 0.3) is 0 Å². The van der Waals surface area contributed by atoms with Crippen LogP contribution in [0.3, 0.4) is 0 Å². The number of likely N-dealkylation sites (N-methyl/N-ethyl adjacent to an activating group) is 1. The number of rotatable bonds is 1. The SMILES string of the molecule is C#C[C@H]1CN(C)CCN1C(C)C. The van der Waals surface area contributed by atoms with Gasteiger partial charge in [-0.15, -0.1) is 6.42 Å². The smallest absolute Gasteiger partial charge is 0.0843 e. The molecule has 0 N–H and O–H groups in total. The predicted molar refractivity (Wildman–Crippen MR) is 52.0 cm³/mol. The van der Waals surface area contributed by atoms with Gasteiger partial charge in [0.15, 0.2) is 0 Å². The summed E-state index contributed by atoms with van der Waals surface area (Å²) in [4.78, 5) is 4.68. The fourth-order valence-electron chi connectivity index (χ4n) is 1.70. The Labute approximate surface area is 75.5 Å². The van der Waals surface area contributed by atoms with Crippen molar-refractivity contribution in [1.82, 2.24) is 9.80 Å². The van der Waals surface area contributed by atoms with Gasteiger partial charge in [-0.3, -0.25) is 4.90 Å². The summed E-state index contributed by atoms with van der Waals surface area (Å²) < 4.78 is 0. The Kier molecular flexibility index (Phi) is 3.13. The molecule has 2 heteroatoms. The summed E-state index contributed by atoms with van der Waals surface area (Å²) in [6.07, 6.45) is 5.48. The van der Waals surface area contributed by atoms with Gasteiger partial charge < -0.3 is 4.90 Å². The van der Waals surface area contributed by atoms with Crippen molar-refractivity contribution in [3.05, 3.63) is 0 Å². The number of nitrogens with zero attached hydrogens (tertiary/aromatic N) is 2. The van der Waals surface area contributed by atoms with Gasteiger partial charge in [-0.1, -0.05) is 5.92 Å². The molecule has 1 aliphatic rings. The molecule has 1 atom stereocenters. The van der Waals surface area contributed by atoms with Crippen molar-refractivity contribution >= 4 is 0 Å². The molecule has 1 fully saturated rings. The second kappa shape index (κ2) is 3.93. The Hall–Kier alpha value is -0.520. The van der Waals surface area contributed by atoms with Gasteiger partial charge in [0.05, 0.1) is 6.04 Å². The summed E-state index contributed by atoms with van der Waals surface area (Å²) in [7, 11) is 2.13. The lowest BCUT2D eigenvalue weighted by Crippen LogP contribution is -2.53. The number of piperazine rings is 1. The van der Waals surface area contributed by atoms with Crippen molar-refractivity contribution in [2.75, 3.05) is 26.7 Å². The predicted octanol–water partition coefficient (Wildman–Crippen LogP) is 0.644. The van der Waals surface area contributed by atoms with Crippen LogP contribution in [-0.2, 0) is 0 Å². The largest absolute Gasteiger partial charge is 0.303 e. The first-order chi connectivity index (χ1) is 5.65. The third-order valence-corrected chi connectivity index (χ3v) is 2.48. The van der Waals surface area contributed by atoms with Crippen LogP contribution >= 0.6 is 0 Å². The molecule has 0 amide bonds. The van der Waals surface area contributed by atoms with Crippen molar-refractivity contribution in [3.8, 4) is 12.3 Å². The fraction of sp³-hybridized carbons (Fsp3) is 0.800. The van der Waals surface area contributed by atoms with Crippen molar-refractivity contribution < 1.29 is 0 Å². The molecule has 0 unspecified atom stereocenters. The molecule has 0 aromatic carbocycles. The lowest BCUT2D eigenvalue weighted by molar-refractivity contribution is 0.0931. The van der Waals surface area contributed by atoms with Gasteiger partial charge >= 0.3 is 0 Å². The van der Waals surface area contributed by atoms with Gasteiger partial charge in [0.2, 0.25) is 0 Å². The molecule has 0 saturated carbocycles. The van der Waals surface area contributed by atoms with Crippen molar-refractivity contribution in [3.63, 3.8) is 0 Å². The van der Waals surface area contributed by atoms with E-state index >= 15 is 0 Å². The molecule has 1 heterocycles. The maximum atomic E-state index is 5.48. The highest BCUT2D eigenvalue weighted by molar-refractivity contribution is 5.04. The molecule has 12 heavy (non-hydrogen) atoms. The molecular weight excluding hydrogens is 148 g/mol. The van der Waals surface area contributed by atoms with E-state index in [2.05, 4.69) is 36.6 Å². The van der Waals surface area contributed by atoms with Gasteiger partial charge in [0.1, 0.15) is 0 Å². The molecular formula is C10H18N2. The normalized spacial score (nSPS) is 27.4. The Balaban J connectivity index is 2.58. The molecule has 1 saturated heterocycles. The zero-order valence-corrected chi connectivity index (χ0v) is 8.25. The van der Waals surface area contributed by atoms with Gasteiger partial charge in [-0.2, -0.15) is 0 Å². The third kappa shape index (κ3) is 2.00. The minimum Gasteiger partial charge on any atom is -0.303 e. The number of hydrogen-bond acceptors (Lipinski definition) is 2. The molecule has 1 rings (SSSR count). The summed E-state index contributed by atoms with van der Waals surface area (Å²) in [5, 5.41) is 0. The standard InChI is InChI=1S/C10H18N2/c1-5-10-8-11(4)6-7-12(10)9(2)3/h1,9-10H,6-8H2,2-4H3/t10-/m0/s1. The topological polar surface area (TPSA) is 6.48 Å². The fourth-order valence-corrected chi connectivity index (χ4v) is 1.70. The summed E-state index contributed by atoms with van der Waals surface area (Å²) >= 11 is 0. The van der Waals surface area contributed by atoms with Crippen LogP contribution in [0.15, 0.2) is 0 Å². The molecule has 1 aliphatic heterocycles. The van der Waals surface area contributed by atoms with E-state index in [0.717, 1.165) is 19.6 Å². The Morgan fingerprint density at radius 1 is 1.42 bits per heavy atom. The van der Waals surface area contributed by atoms with Crippen LogP contribution < -0.4 is 0 Å². The Morgan fingerprint density at radius 3 is 2.58 bits per heavy atom. The monoisotopic (exact) mass is 166 g/mol. The summed E-state index contributed by atoms with van der Waals surface area (Å²) in [6, 6.07) is 0.878. The molecule has 0 aromatic rings. The van der Waals surface area contributed by atoms with E-state index in [9.17, 15) is 0 Å². The van der Waals surface area contributed by atoms with Crippen LogP contribution in [0.5, 0.6) is 0 Å². The Morgan fingerprint density at radius 2 is 2.08 bits per heavy atom. The zero-order valence-electron chi connectivity index (χ0n) is 8.25. The van der Waals surface area contributed by atoms with E-state index in [-0.39, 0.29) is 0 Å². The Bertz CT molecular complexity index is 181. The highest BCUT2D eigenvalue weighted by Crippen LogP contribution is 2.10. The van der Waals surface area contributed by atoms with Gasteiger partial charge in [0.25, 0.3) is 0 Å². The molecule has 0 bridgehead atoms. The minimum atomic E-state index is 0.309. The van der Waals surface area contributed by atoms with Crippen LogP contribution in [-0.4, -0.2) is 48.6 Å². The van der Waals surface area contributed by atoms with Gasteiger partial charge in [0, 0.05) is 25.7 Å². The molecule has 68 valence electrons. The third-order valence-electron chi connectivity index (χ3n) is 2.48. The summed E-state index contributed by atoms with van der Waals surface area (Å²) in [6.45, 7) is 7.65. The van der Waals surface area contributed by atoms with E-state index in [0.29, 0.717) is 12.1 Å². The van der Waals surface area contributed by atoms with E-state index in [1.807, 2.05) is 0 Å². The lowest BCUT2D eigenvalue weighted by atomic mass is 10.1. The molecule has 0 aromatic heterocycles. The van der Waals surface area contributed by atoms with Crippen molar-refractivity contribution in [1.29, 1.82) is 0 Å². The van der Waals surface area contributed by atoms with Crippen LogP contribution in [0.2, 0.25) is 0 Å². The van der Waals surface area contributed by atoms with E-state index < -0.39 is 0 Å². The molecule has 0 aliphatic carbocycles. The average molecular weight is 166 g/mol. The first kappa shape index (κ1) is 9.57. The quantitative estimate of drug-likeness (QED) is 0.528. The van der Waals surface area contributed by atoms with Crippen LogP contribution in [0, 0.1) is 12.3 Å². The summed E-state index contributed by atoms with van der Waals surface area (Å²) in [5.74, 6) is 2.85. The summed E-state index contributed by atoms with van der Waals surface area (Å²) in [5.41, 5.74) is 0. The first-order valence-corrected chi connectivity index (χ1v) is 4.55. The van der Waals surface area contributed by atoms with E-state index in [1.54, 1.807) is 0 Å². The zero-order chi connectivity index (χ0) is 9.14. The van der Waals surface area contributed by atoms with Crippen LogP contribution in [0.4, 0.5) is 0 Å². The van der Waals surface area contributed by atoms with Gasteiger partial charge in [-0.25, -0.2) is 0 Å². The molecule has 2 nitrogen and oxygen atoms in total. The number of hydrogen-bond donors (Lipinski definition) is 0. The van der Waals surface area contributed by atoms with Crippen LogP contribution in [0.1, 0.15) is 13.8 Å². The first-order valence-electron chi connectivity index (χ1n) is 4.55. The van der Waals surface area contributed by atoms with Crippen molar-refractivity contribution in [2.24, 2.45) is 0 Å². The highest BCUT2D eigenvalue weighted by Gasteiger charge is 2.24. The second-order valence-electron chi connectivity index (χ2n) is 3.78. The lowest BCUT2D eigenvalue weighted by Gasteiger charge is -2.39. The van der Waals surface area contributed by atoms with E-state index in [4.69, 9.17) is 6.42 Å². The second-order valence-corrected chi connectivity index (χ2v) is 3.78. The molecule has 0 spiro atoms. The highest BCUT2D eigenvalue weighted by atomic mass is 15.3.